The van der Waals surface area contributed by atoms with Gasteiger partial charge in [-0.05, 0) is 71.3 Å². The summed E-state index contributed by atoms with van der Waals surface area (Å²) in [7, 11) is 0. The second kappa shape index (κ2) is 11.1. The third kappa shape index (κ3) is 3.91. The quantitative estimate of drug-likeness (QED) is 0.187. The molecule has 0 saturated heterocycles. The van der Waals surface area contributed by atoms with Gasteiger partial charge in [0, 0.05) is 38.5 Å². The predicted octanol–water partition coefficient (Wildman–Crippen LogP) is 12.8. The number of aromatic nitrogens is 1. The van der Waals surface area contributed by atoms with Crippen LogP contribution < -0.4 is 4.90 Å². The fourth-order valence-electron chi connectivity index (χ4n) is 8.96. The van der Waals surface area contributed by atoms with Gasteiger partial charge < -0.3 is 13.9 Å². The Morgan fingerprint density at radius 1 is 0.365 bits per heavy atom. The number of anilines is 3. The summed E-state index contributed by atoms with van der Waals surface area (Å²) < 4.78 is 9.19. The summed E-state index contributed by atoms with van der Waals surface area (Å²) in [6, 6.07) is 70.2. The van der Waals surface area contributed by atoms with Gasteiger partial charge >= 0.3 is 0 Å². The van der Waals surface area contributed by atoms with E-state index in [1.165, 1.54) is 38.5 Å². The zero-order chi connectivity index (χ0) is 34.2. The molecular formula is C49H32N2O. The van der Waals surface area contributed by atoms with Crippen LogP contribution in [-0.4, -0.2) is 4.57 Å². The van der Waals surface area contributed by atoms with Crippen LogP contribution in [0.1, 0.15) is 22.3 Å². The Morgan fingerprint density at radius 2 is 0.865 bits per heavy atom. The zero-order valence-corrected chi connectivity index (χ0v) is 28.3. The smallest absolute Gasteiger partial charge is 0.140 e. The van der Waals surface area contributed by atoms with Crippen LogP contribution in [0.2, 0.25) is 0 Å². The second-order valence-corrected chi connectivity index (χ2v) is 13.7. The van der Waals surface area contributed by atoms with Crippen molar-refractivity contribution in [3.05, 3.63) is 216 Å². The molecule has 8 aromatic carbocycles. The normalized spacial score (nSPS) is 13.5. The second-order valence-electron chi connectivity index (χ2n) is 13.7. The molecule has 3 nitrogen and oxygen atoms in total. The fourth-order valence-corrected chi connectivity index (χ4v) is 8.96. The Hall–Kier alpha value is -6.84. The first kappa shape index (κ1) is 28.9. The van der Waals surface area contributed by atoms with Crippen molar-refractivity contribution in [2.45, 2.75) is 5.41 Å². The molecule has 0 unspecified atom stereocenters. The maximum atomic E-state index is 6.82. The van der Waals surface area contributed by atoms with Gasteiger partial charge in [0.25, 0.3) is 0 Å². The molecular weight excluding hydrogens is 633 g/mol. The molecule has 52 heavy (non-hydrogen) atoms. The first-order valence-electron chi connectivity index (χ1n) is 17.9. The number of nitrogens with zero attached hydrogens (tertiary/aromatic N) is 2. The summed E-state index contributed by atoms with van der Waals surface area (Å²) in [5.41, 5.74) is 12.8. The largest absolute Gasteiger partial charge is 0.456 e. The van der Waals surface area contributed by atoms with Crippen molar-refractivity contribution >= 4 is 60.8 Å². The summed E-state index contributed by atoms with van der Waals surface area (Å²) in [5, 5.41) is 4.78. The van der Waals surface area contributed by atoms with E-state index in [1.54, 1.807) is 0 Å². The third-order valence-electron chi connectivity index (χ3n) is 11.1. The minimum Gasteiger partial charge on any atom is -0.456 e. The maximum Gasteiger partial charge on any atom is 0.140 e. The van der Waals surface area contributed by atoms with E-state index in [4.69, 9.17) is 4.42 Å². The van der Waals surface area contributed by atoms with Gasteiger partial charge in [0.15, 0.2) is 0 Å². The molecule has 10 aromatic rings. The molecule has 0 bridgehead atoms. The predicted molar refractivity (Wildman–Crippen MR) is 215 cm³/mol. The number of hydrogen-bond donors (Lipinski definition) is 0. The minimum absolute atomic E-state index is 0.652. The van der Waals surface area contributed by atoms with Crippen LogP contribution in [0.4, 0.5) is 17.1 Å². The highest BCUT2D eigenvalue weighted by Gasteiger charge is 2.47. The minimum atomic E-state index is -0.652. The van der Waals surface area contributed by atoms with Crippen molar-refractivity contribution in [2.24, 2.45) is 0 Å². The fraction of sp³-hybridized carbons (Fsp3) is 0.0204. The Balaban J connectivity index is 1.16. The van der Waals surface area contributed by atoms with Gasteiger partial charge in [0.1, 0.15) is 11.2 Å². The molecule has 3 heteroatoms. The number of benzene rings is 8. The van der Waals surface area contributed by atoms with Crippen LogP contribution in [0.15, 0.2) is 199 Å². The highest BCUT2D eigenvalue weighted by molar-refractivity contribution is 6.09. The summed E-state index contributed by atoms with van der Waals surface area (Å²) in [6.07, 6.45) is 0. The van der Waals surface area contributed by atoms with Crippen LogP contribution in [0.25, 0.3) is 49.4 Å². The van der Waals surface area contributed by atoms with E-state index in [9.17, 15) is 0 Å². The summed E-state index contributed by atoms with van der Waals surface area (Å²) in [4.78, 5) is 2.43. The van der Waals surface area contributed by atoms with E-state index in [0.717, 1.165) is 50.3 Å². The Kier molecular flexibility index (Phi) is 6.17. The Labute approximate surface area is 301 Å². The molecule has 11 rings (SSSR count). The average Bonchev–Trinajstić information content (AvgIpc) is 3.77. The summed E-state index contributed by atoms with van der Waals surface area (Å²) in [5.74, 6) is 0. The van der Waals surface area contributed by atoms with E-state index in [0.29, 0.717) is 0 Å². The van der Waals surface area contributed by atoms with E-state index in [2.05, 4.69) is 198 Å². The van der Waals surface area contributed by atoms with Crippen molar-refractivity contribution in [1.82, 2.24) is 4.57 Å². The van der Waals surface area contributed by atoms with Gasteiger partial charge in [0.2, 0.25) is 0 Å². The molecule has 1 aliphatic heterocycles. The topological polar surface area (TPSA) is 21.3 Å². The van der Waals surface area contributed by atoms with Gasteiger partial charge in [-0.1, -0.05) is 140 Å². The molecule has 0 N–H and O–H groups in total. The number of fused-ring (bicyclic) bond motifs is 8. The van der Waals surface area contributed by atoms with Crippen molar-refractivity contribution < 1.29 is 4.42 Å². The first-order valence-corrected chi connectivity index (χ1v) is 17.9. The van der Waals surface area contributed by atoms with Crippen molar-refractivity contribution in [3.8, 4) is 5.69 Å². The summed E-state index contributed by atoms with van der Waals surface area (Å²) >= 11 is 0. The number of rotatable bonds is 4. The lowest BCUT2D eigenvalue weighted by atomic mass is 9.62. The van der Waals surface area contributed by atoms with Gasteiger partial charge in [0.05, 0.1) is 27.8 Å². The number of hydrogen-bond acceptors (Lipinski definition) is 2. The van der Waals surface area contributed by atoms with Gasteiger partial charge in [-0.3, -0.25) is 0 Å². The van der Waals surface area contributed by atoms with Crippen LogP contribution >= 0.6 is 0 Å². The molecule has 0 amide bonds. The molecule has 0 aliphatic carbocycles. The van der Waals surface area contributed by atoms with Crippen LogP contribution in [-0.2, 0) is 5.41 Å². The standard InChI is InChI=1S/C49H32N2O/c1-2-15-33(16-3-1)49(42-23-14-20-39-38-19-6-13-28-47(38)52-48(39)42)40-21-7-11-26-45(40)51(46-27-12-8-22-41(46)49)35-31-29-34(30-32-35)50-43-24-9-4-17-36(43)37-18-5-10-25-44(37)50/h1-32H. The lowest BCUT2D eigenvalue weighted by Gasteiger charge is -2.46. The molecule has 2 aromatic heterocycles. The van der Waals surface area contributed by atoms with E-state index in [1.807, 2.05) is 6.07 Å². The Morgan fingerprint density at radius 3 is 1.54 bits per heavy atom. The zero-order valence-electron chi connectivity index (χ0n) is 28.3. The van der Waals surface area contributed by atoms with Gasteiger partial charge in [-0.2, -0.15) is 0 Å². The van der Waals surface area contributed by atoms with Crippen LogP contribution in [0, 0.1) is 0 Å². The molecule has 244 valence electrons. The molecule has 3 heterocycles. The monoisotopic (exact) mass is 664 g/mol. The van der Waals surface area contributed by atoms with Gasteiger partial charge in [-0.25, -0.2) is 0 Å². The number of furan rings is 1. The highest BCUT2D eigenvalue weighted by atomic mass is 16.3. The van der Waals surface area contributed by atoms with Crippen molar-refractivity contribution in [2.75, 3.05) is 4.90 Å². The molecule has 0 radical (unpaired) electrons. The number of para-hydroxylation sites is 6. The molecule has 0 saturated carbocycles. The molecule has 1 aliphatic rings. The van der Waals surface area contributed by atoms with Crippen molar-refractivity contribution in [1.29, 1.82) is 0 Å². The highest BCUT2D eigenvalue weighted by Crippen LogP contribution is 2.59. The van der Waals surface area contributed by atoms with E-state index in [-0.39, 0.29) is 0 Å². The lowest BCUT2D eigenvalue weighted by Crippen LogP contribution is -2.37. The van der Waals surface area contributed by atoms with Crippen LogP contribution in [0.5, 0.6) is 0 Å². The molecule has 0 fully saturated rings. The average molecular weight is 665 g/mol. The first-order chi connectivity index (χ1) is 25.8. The maximum absolute atomic E-state index is 6.82. The lowest BCUT2D eigenvalue weighted by molar-refractivity contribution is 0.643. The van der Waals surface area contributed by atoms with E-state index >= 15 is 0 Å². The third-order valence-corrected chi connectivity index (χ3v) is 11.1. The van der Waals surface area contributed by atoms with Gasteiger partial charge in [-0.15, -0.1) is 0 Å². The summed E-state index contributed by atoms with van der Waals surface area (Å²) in [6.45, 7) is 0. The molecule has 0 atom stereocenters. The molecule has 0 spiro atoms. The van der Waals surface area contributed by atoms with Crippen LogP contribution in [0.3, 0.4) is 0 Å². The Bertz CT molecular complexity index is 2870. The van der Waals surface area contributed by atoms with E-state index < -0.39 is 5.41 Å². The van der Waals surface area contributed by atoms with Crippen molar-refractivity contribution in [3.63, 3.8) is 0 Å². The SMILES string of the molecule is c1ccc(C2(c3cccc4c3oc3ccccc34)c3ccccc3N(c3ccc(-n4c5ccccc5c5ccccc54)cc3)c3ccccc32)cc1.